The number of fused-ring (bicyclic) bond motifs is 1. The Bertz CT molecular complexity index is 729. The molecule has 4 heteroatoms. The molecule has 0 saturated heterocycles. The monoisotopic (exact) mass is 386 g/mol. The topological polar surface area (TPSA) is 41.1 Å². The summed E-state index contributed by atoms with van der Waals surface area (Å²) in [7, 11) is 0. The van der Waals surface area contributed by atoms with Gasteiger partial charge >= 0.3 is 6.03 Å². The molecule has 2 N–H and O–H groups in total. The van der Waals surface area contributed by atoms with Crippen LogP contribution in [0.5, 0.6) is 0 Å². The van der Waals surface area contributed by atoms with Crippen LogP contribution >= 0.6 is 15.9 Å². The number of anilines is 1. The first-order valence-electron chi connectivity index (χ1n) is 8.61. The van der Waals surface area contributed by atoms with E-state index in [-0.39, 0.29) is 12.1 Å². The maximum atomic E-state index is 12.4. The van der Waals surface area contributed by atoms with Crippen LogP contribution in [-0.4, -0.2) is 6.03 Å². The number of urea groups is 1. The van der Waals surface area contributed by atoms with Gasteiger partial charge in [-0.3, -0.25) is 0 Å². The molecule has 1 atom stereocenters. The maximum absolute atomic E-state index is 12.4. The smallest absolute Gasteiger partial charge is 0.319 e. The van der Waals surface area contributed by atoms with Crippen LogP contribution in [0.15, 0.2) is 46.9 Å². The molecule has 2 aromatic rings. The van der Waals surface area contributed by atoms with Crippen LogP contribution in [0.4, 0.5) is 10.5 Å². The lowest BCUT2D eigenvalue weighted by Crippen LogP contribution is -2.32. The van der Waals surface area contributed by atoms with E-state index in [9.17, 15) is 4.79 Å². The van der Waals surface area contributed by atoms with Crippen LogP contribution in [0.3, 0.4) is 0 Å². The van der Waals surface area contributed by atoms with Crippen molar-refractivity contribution in [2.24, 2.45) is 0 Å². The van der Waals surface area contributed by atoms with Gasteiger partial charge in [0.05, 0.1) is 11.7 Å². The zero-order valence-corrected chi connectivity index (χ0v) is 15.5. The number of nitrogens with one attached hydrogen (secondary N) is 2. The molecule has 0 saturated carbocycles. The molecular formula is C20H23BrN2O. The van der Waals surface area contributed by atoms with Crippen molar-refractivity contribution >= 4 is 27.6 Å². The molecule has 0 fully saturated rings. The van der Waals surface area contributed by atoms with Gasteiger partial charge < -0.3 is 10.6 Å². The highest BCUT2D eigenvalue weighted by Crippen LogP contribution is 2.26. The van der Waals surface area contributed by atoms with Gasteiger partial charge in [-0.05, 0) is 76.9 Å². The number of para-hydroxylation sites is 1. The highest BCUT2D eigenvalue weighted by atomic mass is 79.9. The molecule has 0 heterocycles. The Kier molecular flexibility index (Phi) is 5.56. The number of hydrogen-bond donors (Lipinski definition) is 2. The standard InChI is InChI=1S/C20H23BrN2O/c1-2-18(16-12-11-14-7-3-4-8-15(14)13-16)22-20(24)23-19-10-6-5-9-17(19)21/h5-6,9-13,18H,2-4,7-8H2,1H3,(H2,22,23,24). The number of aryl methyl sites for hydroxylation is 2. The zero-order chi connectivity index (χ0) is 16.9. The Hall–Kier alpha value is -1.81. The van der Waals surface area contributed by atoms with Gasteiger partial charge in [-0.2, -0.15) is 0 Å². The van der Waals surface area contributed by atoms with Gasteiger partial charge in [-0.1, -0.05) is 37.3 Å². The normalized spacial score (nSPS) is 14.6. The molecule has 0 bridgehead atoms. The average Bonchev–Trinajstić information content (AvgIpc) is 2.61. The summed E-state index contributed by atoms with van der Waals surface area (Å²) >= 11 is 3.45. The van der Waals surface area contributed by atoms with Crippen LogP contribution in [0.1, 0.15) is 48.9 Å². The Balaban J connectivity index is 1.70. The third kappa shape index (κ3) is 3.99. The van der Waals surface area contributed by atoms with Crippen molar-refractivity contribution in [2.75, 3.05) is 5.32 Å². The number of amides is 2. The van der Waals surface area contributed by atoms with E-state index < -0.39 is 0 Å². The van der Waals surface area contributed by atoms with E-state index in [1.165, 1.54) is 36.0 Å². The van der Waals surface area contributed by atoms with Crippen molar-refractivity contribution in [3.63, 3.8) is 0 Å². The van der Waals surface area contributed by atoms with Crippen LogP contribution in [0.2, 0.25) is 0 Å². The molecule has 126 valence electrons. The molecule has 2 aromatic carbocycles. The highest BCUT2D eigenvalue weighted by molar-refractivity contribution is 9.10. The summed E-state index contributed by atoms with van der Waals surface area (Å²) in [6.45, 7) is 2.10. The van der Waals surface area contributed by atoms with Crippen LogP contribution < -0.4 is 10.6 Å². The number of carbonyl (C=O) groups is 1. The minimum Gasteiger partial charge on any atom is -0.331 e. The highest BCUT2D eigenvalue weighted by Gasteiger charge is 2.16. The van der Waals surface area contributed by atoms with E-state index in [2.05, 4.69) is 51.7 Å². The zero-order valence-electron chi connectivity index (χ0n) is 13.9. The van der Waals surface area contributed by atoms with Crippen molar-refractivity contribution in [3.05, 3.63) is 63.6 Å². The van der Waals surface area contributed by atoms with Crippen molar-refractivity contribution in [1.29, 1.82) is 0 Å². The first-order valence-corrected chi connectivity index (χ1v) is 9.40. The molecule has 0 aromatic heterocycles. The van der Waals surface area contributed by atoms with Crippen LogP contribution in [0, 0.1) is 0 Å². The number of carbonyl (C=O) groups excluding carboxylic acids is 1. The predicted octanol–water partition coefficient (Wildman–Crippen LogP) is 5.60. The SMILES string of the molecule is CCC(NC(=O)Nc1ccccc1Br)c1ccc2c(c1)CCCC2. The van der Waals surface area contributed by atoms with E-state index in [1.54, 1.807) is 0 Å². The molecule has 1 aliphatic carbocycles. The summed E-state index contributed by atoms with van der Waals surface area (Å²) in [5.41, 5.74) is 4.89. The van der Waals surface area contributed by atoms with Crippen LogP contribution in [-0.2, 0) is 12.8 Å². The van der Waals surface area contributed by atoms with Crippen LogP contribution in [0.25, 0.3) is 0 Å². The summed E-state index contributed by atoms with van der Waals surface area (Å²) in [5.74, 6) is 0. The molecule has 0 radical (unpaired) electrons. The molecule has 0 aliphatic heterocycles. The van der Waals surface area contributed by atoms with E-state index in [0.29, 0.717) is 0 Å². The van der Waals surface area contributed by atoms with Gasteiger partial charge in [-0.25, -0.2) is 4.79 Å². The average molecular weight is 387 g/mol. The van der Waals surface area contributed by atoms with Crippen molar-refractivity contribution in [2.45, 2.75) is 45.1 Å². The van der Waals surface area contributed by atoms with E-state index in [4.69, 9.17) is 0 Å². The first-order chi connectivity index (χ1) is 11.7. The Labute approximate surface area is 152 Å². The molecule has 0 spiro atoms. The van der Waals surface area contributed by atoms with Gasteiger partial charge in [0.15, 0.2) is 0 Å². The minimum atomic E-state index is -0.175. The summed E-state index contributed by atoms with van der Waals surface area (Å²) in [5, 5.41) is 6.00. The number of benzene rings is 2. The second-order valence-corrected chi connectivity index (χ2v) is 7.13. The summed E-state index contributed by atoms with van der Waals surface area (Å²) in [6, 6.07) is 14.2. The quantitative estimate of drug-likeness (QED) is 0.704. The number of rotatable bonds is 4. The van der Waals surface area contributed by atoms with E-state index >= 15 is 0 Å². The Morgan fingerprint density at radius 2 is 1.88 bits per heavy atom. The minimum absolute atomic E-state index is 0.0275. The van der Waals surface area contributed by atoms with Gasteiger partial charge in [0.2, 0.25) is 0 Å². The third-order valence-corrected chi connectivity index (χ3v) is 5.30. The lowest BCUT2D eigenvalue weighted by Gasteiger charge is -2.22. The van der Waals surface area contributed by atoms with Gasteiger partial charge in [0, 0.05) is 4.47 Å². The number of hydrogen-bond acceptors (Lipinski definition) is 1. The van der Waals surface area contributed by atoms with E-state index in [0.717, 1.165) is 23.0 Å². The molecule has 2 amide bonds. The Morgan fingerprint density at radius 1 is 1.12 bits per heavy atom. The number of halogens is 1. The first kappa shape index (κ1) is 17.0. The summed E-state index contributed by atoms with van der Waals surface area (Å²) < 4.78 is 0.877. The van der Waals surface area contributed by atoms with Crippen molar-refractivity contribution < 1.29 is 4.79 Å². The van der Waals surface area contributed by atoms with Gasteiger partial charge in [0.25, 0.3) is 0 Å². The predicted molar refractivity (Wildman–Crippen MR) is 102 cm³/mol. The van der Waals surface area contributed by atoms with Gasteiger partial charge in [-0.15, -0.1) is 0 Å². The largest absolute Gasteiger partial charge is 0.331 e. The molecule has 1 unspecified atom stereocenters. The lowest BCUT2D eigenvalue weighted by atomic mass is 9.89. The fourth-order valence-corrected chi connectivity index (χ4v) is 3.65. The molecule has 1 aliphatic rings. The molecule has 24 heavy (non-hydrogen) atoms. The molecule has 3 rings (SSSR count). The third-order valence-electron chi connectivity index (χ3n) is 4.61. The van der Waals surface area contributed by atoms with E-state index in [1.807, 2.05) is 24.3 Å². The summed E-state index contributed by atoms with van der Waals surface area (Å²) in [4.78, 5) is 12.4. The second-order valence-electron chi connectivity index (χ2n) is 6.27. The van der Waals surface area contributed by atoms with Crippen molar-refractivity contribution in [3.8, 4) is 0 Å². The molecular weight excluding hydrogens is 364 g/mol. The van der Waals surface area contributed by atoms with Gasteiger partial charge in [0.1, 0.15) is 0 Å². The second kappa shape index (κ2) is 7.84. The fraction of sp³-hybridized carbons (Fsp3) is 0.350. The lowest BCUT2D eigenvalue weighted by molar-refractivity contribution is 0.248. The fourth-order valence-electron chi connectivity index (χ4n) is 3.27. The maximum Gasteiger partial charge on any atom is 0.319 e. The molecule has 3 nitrogen and oxygen atoms in total. The Morgan fingerprint density at radius 3 is 2.62 bits per heavy atom. The summed E-state index contributed by atoms with van der Waals surface area (Å²) in [6.07, 6.45) is 5.76. The van der Waals surface area contributed by atoms with Crippen molar-refractivity contribution in [1.82, 2.24) is 5.32 Å².